The van der Waals surface area contributed by atoms with Crippen molar-refractivity contribution in [3.05, 3.63) is 28.2 Å². The Morgan fingerprint density at radius 1 is 1.31 bits per heavy atom. The summed E-state index contributed by atoms with van der Waals surface area (Å²) in [5, 5.41) is 0. The van der Waals surface area contributed by atoms with Gasteiger partial charge in [-0.05, 0) is 28.9 Å². The summed E-state index contributed by atoms with van der Waals surface area (Å²) >= 11 is 9.30. The fraction of sp³-hybridized carbons (Fsp3) is 0.500. The highest BCUT2D eigenvalue weighted by molar-refractivity contribution is 9.10. The van der Waals surface area contributed by atoms with Crippen molar-refractivity contribution in [3.63, 3.8) is 0 Å². The minimum atomic E-state index is 0.459. The molecule has 0 saturated carbocycles. The van der Waals surface area contributed by atoms with Gasteiger partial charge in [-0.2, -0.15) is 0 Å². The second kappa shape index (κ2) is 7.93. The molecule has 0 aromatic heterocycles. The minimum Gasteiger partial charge on any atom is -0.492 e. The molecule has 1 aromatic rings. The van der Waals surface area contributed by atoms with E-state index in [1.165, 1.54) is 0 Å². The molecule has 2 nitrogen and oxygen atoms in total. The molecule has 0 aliphatic carbocycles. The van der Waals surface area contributed by atoms with Crippen LogP contribution in [0.25, 0.3) is 0 Å². The largest absolute Gasteiger partial charge is 0.492 e. The molecule has 16 heavy (non-hydrogen) atoms. The van der Waals surface area contributed by atoms with Crippen LogP contribution in [0.3, 0.4) is 0 Å². The SMILES string of the molecule is CCOCCCOc1c(Br)cccc1CCl. The van der Waals surface area contributed by atoms with Crippen LogP contribution in [0.5, 0.6) is 5.75 Å². The lowest BCUT2D eigenvalue weighted by atomic mass is 10.2. The van der Waals surface area contributed by atoms with Gasteiger partial charge >= 0.3 is 0 Å². The Morgan fingerprint density at radius 2 is 2.12 bits per heavy atom. The maximum Gasteiger partial charge on any atom is 0.137 e. The first-order valence-electron chi connectivity index (χ1n) is 5.33. The molecule has 0 heterocycles. The number of benzene rings is 1. The van der Waals surface area contributed by atoms with Gasteiger partial charge in [0.15, 0.2) is 0 Å². The molecular weight excluding hydrogens is 291 g/mol. The van der Waals surface area contributed by atoms with Gasteiger partial charge in [-0.15, -0.1) is 11.6 Å². The molecule has 0 unspecified atom stereocenters. The van der Waals surface area contributed by atoms with E-state index in [1.54, 1.807) is 0 Å². The van der Waals surface area contributed by atoms with Crippen LogP contribution in [0.15, 0.2) is 22.7 Å². The Hall–Kier alpha value is -0.250. The smallest absolute Gasteiger partial charge is 0.137 e. The highest BCUT2D eigenvalue weighted by Crippen LogP contribution is 2.30. The summed E-state index contributed by atoms with van der Waals surface area (Å²) in [4.78, 5) is 0. The first-order chi connectivity index (χ1) is 7.79. The maximum atomic E-state index is 5.84. The Balaban J connectivity index is 2.46. The number of para-hydroxylation sites is 1. The average Bonchev–Trinajstić information content (AvgIpc) is 2.30. The normalized spacial score (nSPS) is 10.4. The van der Waals surface area contributed by atoms with Crippen molar-refractivity contribution < 1.29 is 9.47 Å². The van der Waals surface area contributed by atoms with Gasteiger partial charge in [0, 0.05) is 25.2 Å². The van der Waals surface area contributed by atoms with Crippen LogP contribution < -0.4 is 4.74 Å². The van der Waals surface area contributed by atoms with Crippen molar-refractivity contribution in [2.24, 2.45) is 0 Å². The molecule has 0 N–H and O–H groups in total. The Labute approximate surface area is 110 Å². The standard InChI is InChI=1S/C12H16BrClO2/c1-2-15-7-4-8-16-12-10(9-14)5-3-6-11(12)13/h3,5-6H,2,4,7-9H2,1H3. The van der Waals surface area contributed by atoms with Crippen molar-refractivity contribution in [1.82, 2.24) is 0 Å². The number of alkyl halides is 1. The van der Waals surface area contributed by atoms with E-state index in [0.717, 1.165) is 35.4 Å². The molecule has 4 heteroatoms. The van der Waals surface area contributed by atoms with Crippen molar-refractivity contribution in [1.29, 1.82) is 0 Å². The van der Waals surface area contributed by atoms with Gasteiger partial charge < -0.3 is 9.47 Å². The Bertz CT molecular complexity index is 318. The third-order valence-corrected chi connectivity index (χ3v) is 2.99. The number of hydrogen-bond acceptors (Lipinski definition) is 2. The molecule has 0 radical (unpaired) electrons. The maximum absolute atomic E-state index is 5.84. The molecule has 0 bridgehead atoms. The fourth-order valence-electron chi connectivity index (χ4n) is 1.30. The van der Waals surface area contributed by atoms with Crippen LogP contribution in [0.4, 0.5) is 0 Å². The Kier molecular flexibility index (Phi) is 6.85. The molecule has 0 aliphatic rings. The van der Waals surface area contributed by atoms with E-state index in [-0.39, 0.29) is 0 Å². The van der Waals surface area contributed by atoms with Crippen LogP contribution in [0.1, 0.15) is 18.9 Å². The van der Waals surface area contributed by atoms with Gasteiger partial charge in [0.25, 0.3) is 0 Å². The molecule has 0 fully saturated rings. The summed E-state index contributed by atoms with van der Waals surface area (Å²) in [6, 6.07) is 5.87. The summed E-state index contributed by atoms with van der Waals surface area (Å²) in [6.07, 6.45) is 0.886. The van der Waals surface area contributed by atoms with Gasteiger partial charge in [0.1, 0.15) is 5.75 Å². The van der Waals surface area contributed by atoms with Crippen molar-refractivity contribution in [2.45, 2.75) is 19.2 Å². The summed E-state index contributed by atoms with van der Waals surface area (Å²) in [7, 11) is 0. The number of hydrogen-bond donors (Lipinski definition) is 0. The molecular formula is C12H16BrClO2. The summed E-state index contributed by atoms with van der Waals surface area (Å²) in [5.41, 5.74) is 1.01. The van der Waals surface area contributed by atoms with Gasteiger partial charge in [-0.1, -0.05) is 12.1 Å². The molecule has 1 aromatic carbocycles. The van der Waals surface area contributed by atoms with Crippen LogP contribution in [0, 0.1) is 0 Å². The minimum absolute atomic E-state index is 0.459. The van der Waals surface area contributed by atoms with Crippen LogP contribution in [0.2, 0.25) is 0 Å². The molecule has 90 valence electrons. The second-order valence-corrected chi connectivity index (χ2v) is 4.38. The molecule has 0 saturated heterocycles. The summed E-state index contributed by atoms with van der Waals surface area (Å²) in [5.74, 6) is 1.30. The van der Waals surface area contributed by atoms with E-state index in [1.807, 2.05) is 25.1 Å². The highest BCUT2D eigenvalue weighted by atomic mass is 79.9. The lowest BCUT2D eigenvalue weighted by Gasteiger charge is -2.11. The molecule has 0 spiro atoms. The first-order valence-corrected chi connectivity index (χ1v) is 6.66. The quantitative estimate of drug-likeness (QED) is 0.560. The van der Waals surface area contributed by atoms with Crippen LogP contribution >= 0.6 is 27.5 Å². The molecule has 0 aliphatic heterocycles. The molecule has 1 rings (SSSR count). The predicted octanol–water partition coefficient (Wildman–Crippen LogP) is 3.99. The van der Waals surface area contributed by atoms with Crippen molar-refractivity contribution in [3.8, 4) is 5.75 Å². The van der Waals surface area contributed by atoms with Gasteiger partial charge in [0.05, 0.1) is 17.0 Å². The van der Waals surface area contributed by atoms with E-state index in [0.29, 0.717) is 12.5 Å². The zero-order valence-electron chi connectivity index (χ0n) is 9.34. The predicted molar refractivity (Wildman–Crippen MR) is 70.3 cm³/mol. The average molecular weight is 308 g/mol. The Morgan fingerprint density at radius 3 is 2.81 bits per heavy atom. The van der Waals surface area contributed by atoms with E-state index in [4.69, 9.17) is 21.1 Å². The van der Waals surface area contributed by atoms with Crippen molar-refractivity contribution in [2.75, 3.05) is 19.8 Å². The van der Waals surface area contributed by atoms with E-state index >= 15 is 0 Å². The zero-order valence-corrected chi connectivity index (χ0v) is 11.7. The van der Waals surface area contributed by atoms with Crippen LogP contribution in [-0.4, -0.2) is 19.8 Å². The van der Waals surface area contributed by atoms with E-state index < -0.39 is 0 Å². The first kappa shape index (κ1) is 13.8. The molecule has 0 amide bonds. The van der Waals surface area contributed by atoms with Gasteiger partial charge in [-0.3, -0.25) is 0 Å². The summed E-state index contributed by atoms with van der Waals surface area (Å²) in [6.45, 7) is 4.12. The number of rotatable bonds is 7. The van der Waals surface area contributed by atoms with Crippen molar-refractivity contribution >= 4 is 27.5 Å². The fourth-order valence-corrected chi connectivity index (χ4v) is 2.03. The molecule has 0 atom stereocenters. The third kappa shape index (κ3) is 4.32. The summed E-state index contributed by atoms with van der Waals surface area (Å²) < 4.78 is 11.9. The highest BCUT2D eigenvalue weighted by Gasteiger charge is 2.06. The zero-order chi connectivity index (χ0) is 11.8. The van der Waals surface area contributed by atoms with Gasteiger partial charge in [-0.25, -0.2) is 0 Å². The van der Waals surface area contributed by atoms with E-state index in [9.17, 15) is 0 Å². The third-order valence-electron chi connectivity index (χ3n) is 2.08. The lowest BCUT2D eigenvalue weighted by Crippen LogP contribution is -2.04. The topological polar surface area (TPSA) is 18.5 Å². The number of halogens is 2. The van der Waals surface area contributed by atoms with E-state index in [2.05, 4.69) is 15.9 Å². The number of ether oxygens (including phenoxy) is 2. The second-order valence-electron chi connectivity index (χ2n) is 3.26. The lowest BCUT2D eigenvalue weighted by molar-refractivity contribution is 0.130. The van der Waals surface area contributed by atoms with Gasteiger partial charge in [0.2, 0.25) is 0 Å². The monoisotopic (exact) mass is 306 g/mol. The van der Waals surface area contributed by atoms with Crippen LogP contribution in [-0.2, 0) is 10.6 Å².